The largest absolute Gasteiger partial charge is 0.378 e. The van der Waals surface area contributed by atoms with Crippen LogP contribution in [0, 0.1) is 0 Å². The molecule has 3 rings (SSSR count). The summed E-state index contributed by atoms with van der Waals surface area (Å²) in [5.41, 5.74) is 1.78. The molecule has 1 aromatic carbocycles. The predicted molar refractivity (Wildman–Crippen MR) is 96.9 cm³/mol. The predicted octanol–water partition coefficient (Wildman–Crippen LogP) is 0.199. The van der Waals surface area contributed by atoms with Gasteiger partial charge in [-0.25, -0.2) is 0 Å². The van der Waals surface area contributed by atoms with Crippen molar-refractivity contribution in [3.05, 3.63) is 24.3 Å². The van der Waals surface area contributed by atoms with Gasteiger partial charge in [0.05, 0.1) is 19.8 Å². The molecule has 0 saturated carbocycles. The molecule has 2 fully saturated rings. The molecule has 2 saturated heterocycles. The second-order valence-corrected chi connectivity index (χ2v) is 6.55. The van der Waals surface area contributed by atoms with E-state index in [1.807, 2.05) is 24.3 Å². The fraction of sp³-hybridized carbons (Fsp3) is 0.500. The van der Waals surface area contributed by atoms with E-state index in [1.54, 1.807) is 7.05 Å². The first kappa shape index (κ1) is 18.2. The summed E-state index contributed by atoms with van der Waals surface area (Å²) in [6.07, 6.45) is 0.832. The Labute approximate surface area is 152 Å². The van der Waals surface area contributed by atoms with Gasteiger partial charge in [0.25, 0.3) is 0 Å². The zero-order valence-corrected chi connectivity index (χ0v) is 14.9. The maximum atomic E-state index is 12.2. The van der Waals surface area contributed by atoms with E-state index in [-0.39, 0.29) is 24.3 Å². The van der Waals surface area contributed by atoms with Gasteiger partial charge in [-0.2, -0.15) is 0 Å². The van der Waals surface area contributed by atoms with Crippen molar-refractivity contribution in [1.29, 1.82) is 0 Å². The lowest BCUT2D eigenvalue weighted by molar-refractivity contribution is -0.135. The normalized spacial score (nSPS) is 19.8. The number of nitrogens with one attached hydrogen (secondary N) is 2. The number of carbonyl (C=O) groups excluding carboxylic acids is 3. The number of hydrogen-bond donors (Lipinski definition) is 2. The highest BCUT2D eigenvalue weighted by molar-refractivity contribution is 5.96. The van der Waals surface area contributed by atoms with Crippen molar-refractivity contribution in [2.75, 3.05) is 50.1 Å². The molecule has 2 N–H and O–H groups in total. The number of likely N-dealkylation sites (N-methyl/N-ethyl adjacent to an activating group) is 1. The standard InChI is InChI=1S/C18H24N4O4/c1-21(18(25)15-6-7-16(23)20-15)12-17(24)19-13-2-4-14(5-3-13)22-8-10-26-11-9-22/h2-5,15H,6-12H2,1H3,(H,19,24)(H,20,23)/t15-/m0/s1. The van der Waals surface area contributed by atoms with Gasteiger partial charge >= 0.3 is 0 Å². The molecule has 0 radical (unpaired) electrons. The number of nitrogens with zero attached hydrogens (tertiary/aromatic N) is 2. The van der Waals surface area contributed by atoms with Crippen molar-refractivity contribution >= 4 is 29.1 Å². The Hall–Kier alpha value is -2.61. The molecule has 2 aliphatic heterocycles. The van der Waals surface area contributed by atoms with Gasteiger partial charge in [-0.05, 0) is 30.7 Å². The molecule has 2 heterocycles. The van der Waals surface area contributed by atoms with E-state index in [0.29, 0.717) is 18.5 Å². The van der Waals surface area contributed by atoms with Crippen LogP contribution in [0.1, 0.15) is 12.8 Å². The van der Waals surface area contributed by atoms with Crippen molar-refractivity contribution in [2.24, 2.45) is 0 Å². The van der Waals surface area contributed by atoms with Crippen molar-refractivity contribution in [3.8, 4) is 0 Å². The molecular weight excluding hydrogens is 336 g/mol. The Balaban J connectivity index is 1.49. The smallest absolute Gasteiger partial charge is 0.245 e. The van der Waals surface area contributed by atoms with Crippen LogP contribution in [0.4, 0.5) is 11.4 Å². The third-order valence-corrected chi connectivity index (χ3v) is 4.58. The van der Waals surface area contributed by atoms with Crippen LogP contribution in [0.2, 0.25) is 0 Å². The molecule has 0 unspecified atom stereocenters. The highest BCUT2D eigenvalue weighted by Crippen LogP contribution is 2.19. The molecule has 0 spiro atoms. The number of anilines is 2. The molecular formula is C18H24N4O4. The number of ether oxygens (including phenoxy) is 1. The van der Waals surface area contributed by atoms with Crippen LogP contribution in [-0.2, 0) is 19.1 Å². The quantitative estimate of drug-likeness (QED) is 0.783. The molecule has 0 aromatic heterocycles. The van der Waals surface area contributed by atoms with Gasteiger partial charge in [-0.1, -0.05) is 0 Å². The molecule has 0 bridgehead atoms. The van der Waals surface area contributed by atoms with E-state index in [9.17, 15) is 14.4 Å². The monoisotopic (exact) mass is 360 g/mol. The third-order valence-electron chi connectivity index (χ3n) is 4.58. The maximum Gasteiger partial charge on any atom is 0.245 e. The molecule has 140 valence electrons. The van der Waals surface area contributed by atoms with Crippen LogP contribution in [0.3, 0.4) is 0 Å². The van der Waals surface area contributed by atoms with Crippen LogP contribution in [-0.4, -0.2) is 68.6 Å². The van der Waals surface area contributed by atoms with Crippen molar-refractivity contribution in [3.63, 3.8) is 0 Å². The summed E-state index contributed by atoms with van der Waals surface area (Å²) in [6, 6.07) is 7.10. The van der Waals surface area contributed by atoms with Crippen LogP contribution < -0.4 is 15.5 Å². The molecule has 26 heavy (non-hydrogen) atoms. The zero-order valence-electron chi connectivity index (χ0n) is 14.9. The number of morpholine rings is 1. The molecule has 8 nitrogen and oxygen atoms in total. The lowest BCUT2D eigenvalue weighted by atomic mass is 10.2. The van der Waals surface area contributed by atoms with Gasteiger partial charge in [0, 0.05) is 37.9 Å². The first-order valence-electron chi connectivity index (χ1n) is 8.80. The van der Waals surface area contributed by atoms with Crippen LogP contribution in [0.5, 0.6) is 0 Å². The lowest BCUT2D eigenvalue weighted by Crippen LogP contribution is -2.45. The fourth-order valence-electron chi connectivity index (χ4n) is 3.14. The van der Waals surface area contributed by atoms with E-state index in [2.05, 4.69) is 15.5 Å². The van der Waals surface area contributed by atoms with Crippen LogP contribution in [0.25, 0.3) is 0 Å². The summed E-state index contributed by atoms with van der Waals surface area (Å²) in [6.45, 7) is 3.10. The molecule has 3 amide bonds. The zero-order chi connectivity index (χ0) is 18.5. The number of hydrogen-bond acceptors (Lipinski definition) is 5. The summed E-state index contributed by atoms with van der Waals surface area (Å²) in [5.74, 6) is -0.639. The van der Waals surface area contributed by atoms with Crippen molar-refractivity contribution in [2.45, 2.75) is 18.9 Å². The Bertz CT molecular complexity index is 670. The Morgan fingerprint density at radius 3 is 2.58 bits per heavy atom. The number of amides is 3. The summed E-state index contributed by atoms with van der Waals surface area (Å²) < 4.78 is 5.34. The summed E-state index contributed by atoms with van der Waals surface area (Å²) >= 11 is 0. The van der Waals surface area contributed by atoms with Gasteiger partial charge in [-0.15, -0.1) is 0 Å². The Morgan fingerprint density at radius 1 is 1.27 bits per heavy atom. The fourth-order valence-corrected chi connectivity index (χ4v) is 3.14. The van der Waals surface area contributed by atoms with Gasteiger partial charge in [0.1, 0.15) is 6.04 Å². The second kappa shape index (κ2) is 8.18. The van der Waals surface area contributed by atoms with Gasteiger partial charge < -0.3 is 25.2 Å². The van der Waals surface area contributed by atoms with Crippen molar-refractivity contribution in [1.82, 2.24) is 10.2 Å². The number of carbonyl (C=O) groups is 3. The topological polar surface area (TPSA) is 91.0 Å². The van der Waals surface area contributed by atoms with Gasteiger partial charge in [0.2, 0.25) is 17.7 Å². The second-order valence-electron chi connectivity index (χ2n) is 6.55. The minimum absolute atomic E-state index is 0.0591. The van der Waals surface area contributed by atoms with E-state index in [1.165, 1.54) is 4.90 Å². The van der Waals surface area contributed by atoms with E-state index in [0.717, 1.165) is 32.0 Å². The average Bonchev–Trinajstić information content (AvgIpc) is 3.08. The summed E-state index contributed by atoms with van der Waals surface area (Å²) in [4.78, 5) is 39.2. The molecule has 0 aliphatic carbocycles. The molecule has 1 aromatic rings. The SMILES string of the molecule is CN(CC(=O)Nc1ccc(N2CCOCC2)cc1)C(=O)[C@@H]1CCC(=O)N1. The van der Waals surface area contributed by atoms with Gasteiger partial charge in [0.15, 0.2) is 0 Å². The van der Waals surface area contributed by atoms with Crippen molar-refractivity contribution < 1.29 is 19.1 Å². The highest BCUT2D eigenvalue weighted by atomic mass is 16.5. The minimum Gasteiger partial charge on any atom is -0.378 e. The minimum atomic E-state index is -0.520. The molecule has 8 heteroatoms. The summed E-state index contributed by atoms with van der Waals surface area (Å²) in [5, 5.41) is 5.41. The number of rotatable bonds is 5. The maximum absolute atomic E-state index is 12.2. The number of benzene rings is 1. The Morgan fingerprint density at radius 2 is 1.96 bits per heavy atom. The highest BCUT2D eigenvalue weighted by Gasteiger charge is 2.29. The first-order chi connectivity index (χ1) is 12.5. The molecule has 2 aliphatic rings. The average molecular weight is 360 g/mol. The summed E-state index contributed by atoms with van der Waals surface area (Å²) in [7, 11) is 1.56. The Kier molecular flexibility index (Phi) is 5.72. The van der Waals surface area contributed by atoms with E-state index >= 15 is 0 Å². The molecule has 1 atom stereocenters. The third kappa shape index (κ3) is 4.51. The lowest BCUT2D eigenvalue weighted by Gasteiger charge is -2.29. The van der Waals surface area contributed by atoms with Crippen LogP contribution >= 0.6 is 0 Å². The van der Waals surface area contributed by atoms with E-state index < -0.39 is 6.04 Å². The van der Waals surface area contributed by atoms with Crippen LogP contribution in [0.15, 0.2) is 24.3 Å². The van der Waals surface area contributed by atoms with Gasteiger partial charge in [-0.3, -0.25) is 14.4 Å². The van der Waals surface area contributed by atoms with E-state index in [4.69, 9.17) is 4.74 Å². The first-order valence-corrected chi connectivity index (χ1v) is 8.80.